The van der Waals surface area contributed by atoms with Crippen LogP contribution in [-0.2, 0) is 12.7 Å². The summed E-state index contributed by atoms with van der Waals surface area (Å²) in [6.45, 7) is 0.310. The van der Waals surface area contributed by atoms with Gasteiger partial charge in [-0.1, -0.05) is 46.9 Å². The smallest absolute Gasteiger partial charge is 0.303 e. The van der Waals surface area contributed by atoms with Crippen LogP contribution in [0.5, 0.6) is 0 Å². The van der Waals surface area contributed by atoms with Crippen LogP contribution in [0.3, 0.4) is 0 Å². The van der Waals surface area contributed by atoms with Crippen LogP contribution in [0.25, 0.3) is 16.2 Å². The molecule has 0 aliphatic heterocycles. The molecule has 0 atom stereocenters. The molecule has 5 rings (SSSR count). The number of fused-ring (bicyclic) bond motifs is 1. The van der Waals surface area contributed by atoms with Gasteiger partial charge in [0.1, 0.15) is 5.02 Å². The lowest BCUT2D eigenvalue weighted by molar-refractivity contribution is -0.142. The van der Waals surface area contributed by atoms with Gasteiger partial charge in [0.05, 0.1) is 31.6 Å². The molecule has 4 heterocycles. The molecule has 0 aliphatic carbocycles. The van der Waals surface area contributed by atoms with E-state index in [1.54, 1.807) is 41.9 Å². The summed E-state index contributed by atoms with van der Waals surface area (Å²) in [6, 6.07) is 9.30. The Morgan fingerprint density at radius 2 is 1.89 bits per heavy atom. The zero-order valence-electron chi connectivity index (χ0n) is 18.0. The third-order valence-electron chi connectivity index (χ3n) is 5.09. The van der Waals surface area contributed by atoms with E-state index in [-0.39, 0.29) is 22.2 Å². The van der Waals surface area contributed by atoms with Crippen molar-refractivity contribution < 1.29 is 18.0 Å². The van der Waals surface area contributed by atoms with E-state index >= 15 is 0 Å². The normalized spacial score (nSPS) is 11.9. The van der Waals surface area contributed by atoms with Gasteiger partial charge < -0.3 is 5.32 Å². The number of carbonyl (C=O) groups excluding carboxylic acids is 1. The molecule has 0 saturated carbocycles. The van der Waals surface area contributed by atoms with Crippen LogP contribution in [0.15, 0.2) is 52.4 Å². The van der Waals surface area contributed by atoms with Crippen molar-refractivity contribution in [3.8, 4) is 10.6 Å². The molecular formula is C22H11BrCl3F3N6OS. The number of nitrogens with zero attached hydrogens (tertiary/aromatic N) is 5. The summed E-state index contributed by atoms with van der Waals surface area (Å²) >= 11 is 22.9. The topological polar surface area (TPSA) is 77.1 Å². The number of amides is 1. The first-order chi connectivity index (χ1) is 17.5. The third-order valence-corrected chi connectivity index (χ3v) is 7.65. The molecule has 15 heteroatoms. The second kappa shape index (κ2) is 9.91. The van der Waals surface area contributed by atoms with E-state index in [0.29, 0.717) is 30.5 Å². The van der Waals surface area contributed by atoms with Crippen molar-refractivity contribution in [1.82, 2.24) is 24.4 Å². The minimum Gasteiger partial charge on any atom is -0.303 e. The Morgan fingerprint density at radius 1 is 1.11 bits per heavy atom. The molecule has 37 heavy (non-hydrogen) atoms. The standard InChI is InChI=1S/C22H11BrCl3F3N6OS/c23-11-9-34(8-10-3-4-12(24)13(25)6-10)33-19(11)31-21(36)18-17(26)20-30-14(15-2-1-5-37-15)7-16(22(27,28)29)35(20)32-18/h1-7,9H,8H2,(H,31,33,36). The molecule has 0 fully saturated rings. The quantitative estimate of drug-likeness (QED) is 0.212. The molecule has 0 saturated heterocycles. The fraction of sp³-hybridized carbons (Fsp3) is 0.0909. The lowest BCUT2D eigenvalue weighted by Crippen LogP contribution is -2.16. The van der Waals surface area contributed by atoms with E-state index in [1.165, 1.54) is 16.0 Å². The van der Waals surface area contributed by atoms with Crippen molar-refractivity contribution in [3.63, 3.8) is 0 Å². The van der Waals surface area contributed by atoms with Crippen molar-refractivity contribution in [1.29, 1.82) is 0 Å². The van der Waals surface area contributed by atoms with Crippen LogP contribution in [0.2, 0.25) is 15.1 Å². The summed E-state index contributed by atoms with van der Waals surface area (Å²) in [5, 5.41) is 12.8. The first-order valence-electron chi connectivity index (χ1n) is 10.2. The Labute approximate surface area is 233 Å². The Bertz CT molecular complexity index is 1650. The summed E-state index contributed by atoms with van der Waals surface area (Å²) in [5.74, 6) is -0.747. The molecule has 0 spiro atoms. The minimum absolute atomic E-state index is 0.0624. The monoisotopic (exact) mass is 648 g/mol. The maximum absolute atomic E-state index is 13.8. The second-order valence-electron chi connectivity index (χ2n) is 7.63. The fourth-order valence-corrected chi connectivity index (χ4v) is 5.11. The van der Waals surface area contributed by atoms with Gasteiger partial charge in [-0.15, -0.1) is 11.3 Å². The molecule has 0 aliphatic rings. The van der Waals surface area contributed by atoms with Gasteiger partial charge in [-0.25, -0.2) is 9.50 Å². The van der Waals surface area contributed by atoms with Gasteiger partial charge >= 0.3 is 6.18 Å². The second-order valence-corrected chi connectivity index (χ2v) is 10.6. The lowest BCUT2D eigenvalue weighted by atomic mass is 10.2. The average molecular weight is 651 g/mol. The van der Waals surface area contributed by atoms with Crippen molar-refractivity contribution in [2.75, 3.05) is 5.32 Å². The van der Waals surface area contributed by atoms with Gasteiger partial charge in [0.2, 0.25) is 0 Å². The minimum atomic E-state index is -4.78. The van der Waals surface area contributed by atoms with Gasteiger partial charge in [0.15, 0.2) is 22.9 Å². The van der Waals surface area contributed by atoms with Crippen LogP contribution in [0, 0.1) is 0 Å². The predicted octanol–water partition coefficient (Wildman–Crippen LogP) is 7.70. The average Bonchev–Trinajstić information content (AvgIpc) is 3.55. The van der Waals surface area contributed by atoms with E-state index < -0.39 is 23.5 Å². The molecular weight excluding hydrogens is 640 g/mol. The molecule has 4 aromatic heterocycles. The van der Waals surface area contributed by atoms with E-state index in [2.05, 4.69) is 36.4 Å². The largest absolute Gasteiger partial charge is 0.433 e. The molecule has 0 bridgehead atoms. The van der Waals surface area contributed by atoms with Crippen molar-refractivity contribution >= 4 is 79.4 Å². The SMILES string of the molecule is O=C(Nc1nn(Cc2ccc(Cl)c(Cl)c2)cc1Br)c1nn2c(C(F)(F)F)cc(-c3cccs3)nc2c1Cl. The van der Waals surface area contributed by atoms with Crippen LogP contribution in [0.4, 0.5) is 19.0 Å². The zero-order valence-corrected chi connectivity index (χ0v) is 22.7. The van der Waals surface area contributed by atoms with Crippen molar-refractivity contribution in [3.05, 3.63) is 84.5 Å². The highest BCUT2D eigenvalue weighted by Crippen LogP contribution is 2.36. The lowest BCUT2D eigenvalue weighted by Gasteiger charge is -2.10. The van der Waals surface area contributed by atoms with Gasteiger partial charge in [0.25, 0.3) is 5.91 Å². The Balaban J connectivity index is 1.47. The maximum atomic E-state index is 13.8. The fourth-order valence-electron chi connectivity index (χ4n) is 3.44. The van der Waals surface area contributed by atoms with Gasteiger partial charge in [0, 0.05) is 6.20 Å². The molecule has 5 aromatic rings. The highest BCUT2D eigenvalue weighted by atomic mass is 79.9. The number of carbonyl (C=O) groups is 1. The molecule has 1 N–H and O–H groups in total. The summed E-state index contributed by atoms with van der Waals surface area (Å²) in [4.78, 5) is 17.7. The van der Waals surface area contributed by atoms with Crippen LogP contribution >= 0.6 is 62.1 Å². The summed E-state index contributed by atoms with van der Waals surface area (Å²) < 4.78 is 44.0. The molecule has 1 amide bonds. The van der Waals surface area contributed by atoms with E-state index in [9.17, 15) is 18.0 Å². The Kier molecular flexibility index (Phi) is 6.96. The number of alkyl halides is 3. The number of thiophene rings is 1. The number of rotatable bonds is 5. The zero-order chi connectivity index (χ0) is 26.5. The number of hydrogen-bond donors (Lipinski definition) is 1. The molecule has 1 aromatic carbocycles. The highest BCUT2D eigenvalue weighted by molar-refractivity contribution is 9.10. The molecule has 0 radical (unpaired) electrons. The Hall–Kier alpha value is -2.64. The first kappa shape index (κ1) is 26.0. The highest BCUT2D eigenvalue weighted by Gasteiger charge is 2.37. The van der Waals surface area contributed by atoms with E-state index in [1.807, 2.05) is 0 Å². The number of benzene rings is 1. The number of nitrogens with one attached hydrogen (secondary N) is 1. The van der Waals surface area contributed by atoms with Crippen LogP contribution in [-0.4, -0.2) is 30.3 Å². The predicted molar refractivity (Wildman–Crippen MR) is 140 cm³/mol. The summed E-state index contributed by atoms with van der Waals surface area (Å²) in [5.41, 5.74) is -0.984. The van der Waals surface area contributed by atoms with E-state index in [0.717, 1.165) is 11.6 Å². The summed E-state index contributed by atoms with van der Waals surface area (Å²) in [7, 11) is 0. The number of anilines is 1. The maximum Gasteiger partial charge on any atom is 0.433 e. The van der Waals surface area contributed by atoms with Gasteiger partial charge in [-0.2, -0.15) is 23.4 Å². The molecule has 0 unspecified atom stereocenters. The first-order valence-corrected chi connectivity index (χ1v) is 13.0. The number of aromatic nitrogens is 5. The number of halogens is 7. The van der Waals surface area contributed by atoms with Crippen LogP contribution in [0.1, 0.15) is 21.7 Å². The van der Waals surface area contributed by atoms with Crippen LogP contribution < -0.4 is 5.32 Å². The Morgan fingerprint density at radius 3 is 2.57 bits per heavy atom. The van der Waals surface area contributed by atoms with Gasteiger partial charge in [-0.3, -0.25) is 9.48 Å². The molecule has 7 nitrogen and oxygen atoms in total. The van der Waals surface area contributed by atoms with Crippen molar-refractivity contribution in [2.45, 2.75) is 12.7 Å². The molecule has 190 valence electrons. The summed E-state index contributed by atoms with van der Waals surface area (Å²) in [6.07, 6.45) is -3.16. The number of hydrogen-bond acceptors (Lipinski definition) is 5. The van der Waals surface area contributed by atoms with Crippen molar-refractivity contribution in [2.24, 2.45) is 0 Å². The van der Waals surface area contributed by atoms with E-state index in [4.69, 9.17) is 34.8 Å². The third kappa shape index (κ3) is 5.21. The van der Waals surface area contributed by atoms with Gasteiger partial charge in [-0.05, 0) is 51.1 Å².